The van der Waals surface area contributed by atoms with E-state index in [1.807, 2.05) is 6.07 Å². The van der Waals surface area contributed by atoms with Crippen molar-refractivity contribution in [1.29, 1.82) is 0 Å². The normalized spacial score (nSPS) is 23.6. The summed E-state index contributed by atoms with van der Waals surface area (Å²) in [6.07, 6.45) is 2.40. The maximum absolute atomic E-state index is 11.1. The smallest absolute Gasteiger partial charge is 0.292 e. The molecular formula is C15H23N3O2. The quantitative estimate of drug-likeness (QED) is 0.678. The third-order valence-corrected chi connectivity index (χ3v) is 4.22. The first-order chi connectivity index (χ1) is 9.52. The fourth-order valence-electron chi connectivity index (χ4n) is 3.07. The van der Waals surface area contributed by atoms with E-state index in [1.54, 1.807) is 19.2 Å². The number of anilines is 1. The molecule has 0 spiro atoms. The SMILES string of the molecule is CNc1c(CN2CCC(C)CC2C)cccc1[N+](=O)[O-]. The predicted octanol–water partition coefficient (Wildman–Crippen LogP) is 3.26. The van der Waals surface area contributed by atoms with Gasteiger partial charge < -0.3 is 5.32 Å². The number of nitrogens with zero attached hydrogens (tertiary/aromatic N) is 2. The molecule has 20 heavy (non-hydrogen) atoms. The lowest BCUT2D eigenvalue weighted by molar-refractivity contribution is -0.384. The summed E-state index contributed by atoms with van der Waals surface area (Å²) in [6, 6.07) is 5.83. The highest BCUT2D eigenvalue weighted by Crippen LogP contribution is 2.31. The Balaban J connectivity index is 2.21. The molecule has 1 aliphatic heterocycles. The van der Waals surface area contributed by atoms with Crippen LogP contribution in [0.1, 0.15) is 32.3 Å². The van der Waals surface area contributed by atoms with Gasteiger partial charge in [0.15, 0.2) is 0 Å². The molecule has 1 aromatic rings. The minimum Gasteiger partial charge on any atom is -0.382 e. The van der Waals surface area contributed by atoms with Crippen molar-refractivity contribution in [3.8, 4) is 0 Å². The van der Waals surface area contributed by atoms with Crippen molar-refractivity contribution in [1.82, 2.24) is 4.90 Å². The van der Waals surface area contributed by atoms with Crippen LogP contribution in [0.3, 0.4) is 0 Å². The number of nitrogens with one attached hydrogen (secondary N) is 1. The fourth-order valence-corrected chi connectivity index (χ4v) is 3.07. The second kappa shape index (κ2) is 6.22. The van der Waals surface area contributed by atoms with E-state index < -0.39 is 0 Å². The number of likely N-dealkylation sites (tertiary alicyclic amines) is 1. The van der Waals surface area contributed by atoms with E-state index in [0.29, 0.717) is 11.7 Å². The van der Waals surface area contributed by atoms with Crippen LogP contribution < -0.4 is 5.32 Å². The zero-order valence-corrected chi connectivity index (χ0v) is 12.4. The molecule has 1 fully saturated rings. The molecule has 1 N–H and O–H groups in total. The molecule has 0 bridgehead atoms. The lowest BCUT2D eigenvalue weighted by atomic mass is 9.93. The van der Waals surface area contributed by atoms with Crippen molar-refractivity contribution in [2.24, 2.45) is 5.92 Å². The van der Waals surface area contributed by atoms with Gasteiger partial charge in [-0.25, -0.2) is 0 Å². The number of benzene rings is 1. The number of rotatable bonds is 4. The van der Waals surface area contributed by atoms with Crippen molar-refractivity contribution >= 4 is 11.4 Å². The Kier molecular flexibility index (Phi) is 4.60. The van der Waals surface area contributed by atoms with E-state index in [9.17, 15) is 10.1 Å². The van der Waals surface area contributed by atoms with Crippen molar-refractivity contribution in [2.45, 2.75) is 39.3 Å². The highest BCUT2D eigenvalue weighted by atomic mass is 16.6. The Labute approximate surface area is 120 Å². The number of nitro groups is 1. The average Bonchev–Trinajstić information content (AvgIpc) is 2.41. The predicted molar refractivity (Wildman–Crippen MR) is 80.9 cm³/mol. The van der Waals surface area contributed by atoms with Crippen LogP contribution in [-0.4, -0.2) is 29.5 Å². The molecule has 0 aliphatic carbocycles. The summed E-state index contributed by atoms with van der Waals surface area (Å²) in [5, 5.41) is 14.1. The first kappa shape index (κ1) is 14.8. The summed E-state index contributed by atoms with van der Waals surface area (Å²) in [7, 11) is 1.74. The maximum atomic E-state index is 11.1. The molecule has 2 rings (SSSR count). The van der Waals surface area contributed by atoms with E-state index in [1.165, 1.54) is 12.8 Å². The van der Waals surface area contributed by atoms with Crippen LogP contribution in [0.15, 0.2) is 18.2 Å². The zero-order chi connectivity index (χ0) is 14.7. The summed E-state index contributed by atoms with van der Waals surface area (Å²) >= 11 is 0. The maximum Gasteiger partial charge on any atom is 0.292 e. The summed E-state index contributed by atoms with van der Waals surface area (Å²) in [5.41, 5.74) is 1.80. The van der Waals surface area contributed by atoms with Gasteiger partial charge in [0, 0.05) is 25.7 Å². The molecule has 1 aliphatic rings. The van der Waals surface area contributed by atoms with E-state index in [4.69, 9.17) is 0 Å². The van der Waals surface area contributed by atoms with Crippen molar-refractivity contribution < 1.29 is 4.92 Å². The number of hydrogen-bond donors (Lipinski definition) is 1. The Morgan fingerprint density at radius 2 is 2.20 bits per heavy atom. The van der Waals surface area contributed by atoms with Crippen LogP contribution >= 0.6 is 0 Å². The highest BCUT2D eigenvalue weighted by molar-refractivity contribution is 5.66. The fraction of sp³-hybridized carbons (Fsp3) is 0.600. The summed E-state index contributed by atoms with van der Waals surface area (Å²) in [4.78, 5) is 13.2. The summed E-state index contributed by atoms with van der Waals surface area (Å²) in [6.45, 7) is 6.37. The highest BCUT2D eigenvalue weighted by Gasteiger charge is 2.25. The van der Waals surface area contributed by atoms with Crippen molar-refractivity contribution in [3.63, 3.8) is 0 Å². The number of piperidine rings is 1. The largest absolute Gasteiger partial charge is 0.382 e. The van der Waals surface area contributed by atoms with Gasteiger partial charge in [0.25, 0.3) is 5.69 Å². The number of para-hydroxylation sites is 1. The minimum atomic E-state index is -0.322. The van der Waals surface area contributed by atoms with Crippen LogP contribution in [0.5, 0.6) is 0 Å². The van der Waals surface area contributed by atoms with Gasteiger partial charge >= 0.3 is 0 Å². The van der Waals surface area contributed by atoms with Crippen LogP contribution in [0.25, 0.3) is 0 Å². The van der Waals surface area contributed by atoms with E-state index in [-0.39, 0.29) is 10.6 Å². The van der Waals surface area contributed by atoms with E-state index in [0.717, 1.165) is 24.6 Å². The second-order valence-corrected chi connectivity index (χ2v) is 5.77. The molecule has 0 radical (unpaired) electrons. The average molecular weight is 277 g/mol. The summed E-state index contributed by atoms with van der Waals surface area (Å²) < 4.78 is 0. The lowest BCUT2D eigenvalue weighted by Gasteiger charge is -2.36. The zero-order valence-electron chi connectivity index (χ0n) is 12.4. The van der Waals surface area contributed by atoms with E-state index >= 15 is 0 Å². The van der Waals surface area contributed by atoms with Crippen LogP contribution in [-0.2, 0) is 6.54 Å². The third-order valence-electron chi connectivity index (χ3n) is 4.22. The van der Waals surface area contributed by atoms with Crippen LogP contribution in [0.4, 0.5) is 11.4 Å². The van der Waals surface area contributed by atoms with Gasteiger partial charge in [0.05, 0.1) is 4.92 Å². The molecule has 2 atom stereocenters. The van der Waals surface area contributed by atoms with Gasteiger partial charge in [-0.3, -0.25) is 15.0 Å². The molecule has 110 valence electrons. The van der Waals surface area contributed by atoms with Crippen LogP contribution in [0, 0.1) is 16.0 Å². The lowest BCUT2D eigenvalue weighted by Crippen LogP contribution is -2.39. The van der Waals surface area contributed by atoms with Gasteiger partial charge in [-0.05, 0) is 37.8 Å². The summed E-state index contributed by atoms with van der Waals surface area (Å²) in [5.74, 6) is 0.773. The van der Waals surface area contributed by atoms with Crippen LogP contribution in [0.2, 0.25) is 0 Å². The number of hydrogen-bond acceptors (Lipinski definition) is 4. The Bertz CT molecular complexity index is 490. The van der Waals surface area contributed by atoms with Crippen molar-refractivity contribution in [2.75, 3.05) is 18.9 Å². The molecule has 5 heteroatoms. The van der Waals surface area contributed by atoms with E-state index in [2.05, 4.69) is 24.1 Å². The monoisotopic (exact) mass is 277 g/mol. The van der Waals surface area contributed by atoms with Gasteiger partial charge in [0.1, 0.15) is 5.69 Å². The second-order valence-electron chi connectivity index (χ2n) is 5.77. The Morgan fingerprint density at radius 3 is 2.80 bits per heavy atom. The molecule has 0 amide bonds. The first-order valence-corrected chi connectivity index (χ1v) is 7.21. The standard InChI is InChI=1S/C15H23N3O2/c1-11-7-8-17(12(2)9-11)10-13-5-4-6-14(18(19)20)15(13)16-3/h4-6,11-12,16H,7-10H2,1-3H3. The van der Waals surface area contributed by atoms with Gasteiger partial charge in [-0.2, -0.15) is 0 Å². The molecule has 0 saturated carbocycles. The number of nitro benzene ring substituents is 1. The molecular weight excluding hydrogens is 254 g/mol. The van der Waals surface area contributed by atoms with Gasteiger partial charge in [-0.15, -0.1) is 0 Å². The minimum absolute atomic E-state index is 0.156. The van der Waals surface area contributed by atoms with Gasteiger partial charge in [-0.1, -0.05) is 19.1 Å². The van der Waals surface area contributed by atoms with Crippen molar-refractivity contribution in [3.05, 3.63) is 33.9 Å². The Hall–Kier alpha value is -1.62. The molecule has 5 nitrogen and oxygen atoms in total. The first-order valence-electron chi connectivity index (χ1n) is 7.21. The topological polar surface area (TPSA) is 58.4 Å². The molecule has 0 aromatic heterocycles. The molecule has 1 heterocycles. The molecule has 2 unspecified atom stereocenters. The Morgan fingerprint density at radius 1 is 1.45 bits per heavy atom. The third kappa shape index (κ3) is 3.10. The molecule has 1 saturated heterocycles. The van der Waals surface area contributed by atoms with Gasteiger partial charge in [0.2, 0.25) is 0 Å². The molecule has 1 aromatic carbocycles.